The molecule has 30 heavy (non-hydrogen) atoms. The molecule has 5 rings (SSSR count). The molecule has 1 aromatic heterocycles. The van der Waals surface area contributed by atoms with Gasteiger partial charge in [0.15, 0.2) is 4.80 Å². The van der Waals surface area contributed by atoms with Gasteiger partial charge in [0.05, 0.1) is 17.7 Å². The molecule has 152 valence electrons. The average Bonchev–Trinajstić information content (AvgIpc) is 3.00. The van der Waals surface area contributed by atoms with Gasteiger partial charge >= 0.3 is 5.97 Å². The lowest BCUT2D eigenvalue weighted by Crippen LogP contribution is -2.58. The van der Waals surface area contributed by atoms with Crippen LogP contribution in [0.25, 0.3) is 6.08 Å². The van der Waals surface area contributed by atoms with Gasteiger partial charge in [0.2, 0.25) is 5.72 Å². The van der Waals surface area contributed by atoms with E-state index in [0.29, 0.717) is 20.6 Å². The van der Waals surface area contributed by atoms with Crippen molar-refractivity contribution < 1.29 is 18.7 Å². The molecule has 0 aliphatic carbocycles. The first-order chi connectivity index (χ1) is 14.4. The molecule has 0 saturated carbocycles. The van der Waals surface area contributed by atoms with Crippen molar-refractivity contribution in [3.8, 4) is 5.75 Å². The number of methoxy groups -OCH3 is 1. The molecule has 0 radical (unpaired) electrons. The molecule has 2 aromatic carbocycles. The SMILES string of the molecule is COC(=O)[C@H]1[C@H]2c3ccccc3O[C@]1(C)N=c1s/c(=C\c3cccc(F)c3)c(=O)n12. The molecule has 2 bridgehead atoms. The fraction of sp³-hybridized carbons (Fsp3) is 0.227. The maximum absolute atomic E-state index is 13.6. The van der Waals surface area contributed by atoms with E-state index in [-0.39, 0.29) is 11.4 Å². The Hall–Kier alpha value is -3.26. The zero-order chi connectivity index (χ0) is 21.0. The van der Waals surface area contributed by atoms with Crippen LogP contribution in [0.3, 0.4) is 0 Å². The van der Waals surface area contributed by atoms with E-state index in [0.717, 1.165) is 5.56 Å². The predicted molar refractivity (Wildman–Crippen MR) is 108 cm³/mol. The first-order valence-corrected chi connectivity index (χ1v) is 10.2. The molecule has 8 heteroatoms. The number of fused-ring (bicyclic) bond motifs is 6. The second kappa shape index (κ2) is 6.63. The number of halogens is 1. The largest absolute Gasteiger partial charge is 0.469 e. The molecule has 0 unspecified atom stereocenters. The fourth-order valence-corrected chi connectivity index (χ4v) is 5.28. The third-order valence-corrected chi connectivity index (χ3v) is 6.46. The average molecular weight is 424 g/mol. The minimum absolute atomic E-state index is 0.291. The van der Waals surface area contributed by atoms with Gasteiger partial charge in [-0.2, -0.15) is 0 Å². The van der Waals surface area contributed by atoms with Crippen LogP contribution in [-0.4, -0.2) is 23.4 Å². The number of esters is 1. The van der Waals surface area contributed by atoms with Gasteiger partial charge in [-0.05, 0) is 36.8 Å². The lowest BCUT2D eigenvalue weighted by molar-refractivity contribution is -0.158. The standard InChI is InChI=1S/C22H17FN2O4S/c1-22-17(20(27)28-2)18(14-8-3-4-9-15(14)29-22)25-19(26)16(30-21(25)24-22)11-12-6-5-7-13(23)10-12/h3-11,17-18H,1-2H3/b16-11-/t17-,18-,22+/m1/s1. The van der Waals surface area contributed by atoms with Crippen LogP contribution in [0.5, 0.6) is 5.75 Å². The molecule has 0 N–H and O–H groups in total. The van der Waals surface area contributed by atoms with Crippen molar-refractivity contribution >= 4 is 23.4 Å². The molecular formula is C22H17FN2O4S. The van der Waals surface area contributed by atoms with Gasteiger partial charge in [-0.15, -0.1) is 0 Å². The molecule has 6 nitrogen and oxygen atoms in total. The summed E-state index contributed by atoms with van der Waals surface area (Å²) in [7, 11) is 1.31. The second-order valence-corrected chi connectivity index (χ2v) is 8.38. The Morgan fingerprint density at radius 2 is 2.10 bits per heavy atom. The highest BCUT2D eigenvalue weighted by atomic mass is 32.1. The molecular weight excluding hydrogens is 407 g/mol. The molecule has 3 aromatic rings. The molecule has 3 heterocycles. The third kappa shape index (κ3) is 2.71. The topological polar surface area (TPSA) is 69.9 Å². The number of carbonyl (C=O) groups excluding carboxylic acids is 1. The van der Waals surface area contributed by atoms with E-state index in [9.17, 15) is 14.0 Å². The van der Waals surface area contributed by atoms with Gasteiger partial charge in [-0.25, -0.2) is 9.38 Å². The van der Waals surface area contributed by atoms with Crippen LogP contribution >= 0.6 is 11.3 Å². The highest BCUT2D eigenvalue weighted by Crippen LogP contribution is 2.47. The van der Waals surface area contributed by atoms with Crippen LogP contribution in [0.2, 0.25) is 0 Å². The van der Waals surface area contributed by atoms with E-state index in [1.54, 1.807) is 31.2 Å². The van der Waals surface area contributed by atoms with Crippen LogP contribution in [0.4, 0.5) is 4.39 Å². The Kier molecular flexibility index (Phi) is 4.14. The number of para-hydroxylation sites is 1. The van der Waals surface area contributed by atoms with Crippen molar-refractivity contribution in [1.29, 1.82) is 0 Å². The van der Waals surface area contributed by atoms with Crippen molar-refractivity contribution in [1.82, 2.24) is 4.57 Å². The number of carbonyl (C=O) groups is 1. The Morgan fingerprint density at radius 1 is 1.30 bits per heavy atom. The smallest absolute Gasteiger partial charge is 0.317 e. The van der Waals surface area contributed by atoms with E-state index in [1.165, 1.54) is 35.1 Å². The molecule has 2 aliphatic rings. The number of nitrogens with zero attached hydrogens (tertiary/aromatic N) is 2. The zero-order valence-corrected chi connectivity index (χ0v) is 17.0. The van der Waals surface area contributed by atoms with E-state index in [2.05, 4.69) is 4.99 Å². The highest BCUT2D eigenvalue weighted by molar-refractivity contribution is 7.07. The Morgan fingerprint density at radius 3 is 2.87 bits per heavy atom. The summed E-state index contributed by atoms with van der Waals surface area (Å²) < 4.78 is 26.7. The molecule has 0 fully saturated rings. The summed E-state index contributed by atoms with van der Waals surface area (Å²) in [5.74, 6) is -1.13. The van der Waals surface area contributed by atoms with Gasteiger partial charge in [0, 0.05) is 5.56 Å². The van der Waals surface area contributed by atoms with Crippen LogP contribution in [-0.2, 0) is 9.53 Å². The van der Waals surface area contributed by atoms with Crippen LogP contribution in [0.15, 0.2) is 58.3 Å². The zero-order valence-electron chi connectivity index (χ0n) is 16.2. The Bertz CT molecular complexity index is 1360. The molecule has 3 atom stereocenters. The van der Waals surface area contributed by atoms with Crippen LogP contribution < -0.4 is 19.6 Å². The minimum atomic E-state index is -1.21. The number of aromatic nitrogens is 1. The van der Waals surface area contributed by atoms with Crippen molar-refractivity contribution in [2.24, 2.45) is 10.9 Å². The summed E-state index contributed by atoms with van der Waals surface area (Å²) in [6, 6.07) is 12.7. The molecule has 0 amide bonds. The maximum atomic E-state index is 13.6. The number of rotatable bonds is 2. The van der Waals surface area contributed by atoms with Gasteiger partial charge in [0.25, 0.3) is 5.56 Å². The predicted octanol–water partition coefficient (Wildman–Crippen LogP) is 2.00. The lowest BCUT2D eigenvalue weighted by Gasteiger charge is -2.44. The van der Waals surface area contributed by atoms with Gasteiger partial charge in [-0.1, -0.05) is 41.7 Å². The van der Waals surface area contributed by atoms with Crippen molar-refractivity contribution in [2.75, 3.05) is 7.11 Å². The van der Waals surface area contributed by atoms with Crippen molar-refractivity contribution in [2.45, 2.75) is 18.7 Å². The summed E-state index contributed by atoms with van der Waals surface area (Å²) in [5, 5.41) is 0. The van der Waals surface area contributed by atoms with Gasteiger partial charge in [-0.3, -0.25) is 14.2 Å². The van der Waals surface area contributed by atoms with Crippen molar-refractivity contribution in [3.05, 3.63) is 85.2 Å². The summed E-state index contributed by atoms with van der Waals surface area (Å²) >= 11 is 1.19. The number of hydrogen-bond acceptors (Lipinski definition) is 6. The highest BCUT2D eigenvalue weighted by Gasteiger charge is 2.55. The van der Waals surface area contributed by atoms with E-state index in [4.69, 9.17) is 9.47 Å². The molecule has 0 saturated heterocycles. The van der Waals surface area contributed by atoms with E-state index < -0.39 is 23.7 Å². The van der Waals surface area contributed by atoms with Crippen LogP contribution in [0, 0.1) is 11.7 Å². The van der Waals surface area contributed by atoms with E-state index in [1.807, 2.05) is 18.2 Å². The second-order valence-electron chi connectivity index (χ2n) is 7.38. The summed E-state index contributed by atoms with van der Waals surface area (Å²) in [4.78, 5) is 31.2. The quantitative estimate of drug-likeness (QED) is 0.590. The minimum Gasteiger partial charge on any atom is -0.469 e. The number of ether oxygens (including phenoxy) is 2. The first-order valence-electron chi connectivity index (χ1n) is 9.35. The maximum Gasteiger partial charge on any atom is 0.317 e. The number of thiazole rings is 1. The summed E-state index contributed by atoms with van der Waals surface area (Å²) in [6.45, 7) is 1.72. The normalized spacial score (nSPS) is 24.3. The van der Waals surface area contributed by atoms with Crippen molar-refractivity contribution in [3.63, 3.8) is 0 Å². The third-order valence-electron chi connectivity index (χ3n) is 5.48. The van der Waals surface area contributed by atoms with Gasteiger partial charge in [0.1, 0.15) is 17.5 Å². The van der Waals surface area contributed by atoms with Crippen LogP contribution in [0.1, 0.15) is 24.1 Å². The first kappa shape index (κ1) is 18.7. The number of benzene rings is 2. The number of hydrogen-bond donors (Lipinski definition) is 0. The summed E-state index contributed by atoms with van der Waals surface area (Å²) in [6.07, 6.45) is 1.63. The fourth-order valence-electron chi connectivity index (χ4n) is 4.18. The Labute approximate surface area is 174 Å². The molecule has 2 aliphatic heterocycles. The monoisotopic (exact) mass is 424 g/mol. The van der Waals surface area contributed by atoms with Gasteiger partial charge < -0.3 is 9.47 Å². The Balaban J connectivity index is 1.80. The lowest BCUT2D eigenvalue weighted by atomic mass is 9.81. The molecule has 0 spiro atoms. The van der Waals surface area contributed by atoms with E-state index >= 15 is 0 Å². The summed E-state index contributed by atoms with van der Waals surface area (Å²) in [5.41, 5.74) is -0.208.